The molecule has 4 nitrogen and oxygen atoms in total. The monoisotopic (exact) mass is 248 g/mol. The van der Waals surface area contributed by atoms with Gasteiger partial charge >= 0.3 is 0 Å². The van der Waals surface area contributed by atoms with Gasteiger partial charge in [0.05, 0.1) is 19.1 Å². The quantitative estimate of drug-likeness (QED) is 0.885. The second-order valence-corrected chi connectivity index (χ2v) is 5.30. The molecule has 2 fully saturated rings. The van der Waals surface area contributed by atoms with Crippen molar-refractivity contribution >= 4 is 5.70 Å². The minimum Gasteiger partial charge on any atom is -0.493 e. The van der Waals surface area contributed by atoms with E-state index in [1.165, 1.54) is 6.42 Å². The molecular weight excluding hydrogens is 228 g/mol. The molecule has 0 aliphatic carbocycles. The van der Waals surface area contributed by atoms with Crippen LogP contribution in [0.4, 0.5) is 0 Å². The first-order chi connectivity index (χ1) is 8.78. The first-order valence-corrected chi connectivity index (χ1v) is 6.54. The number of rotatable bonds is 3. The molecule has 2 bridgehead atoms. The number of furan rings is 1. The average molecular weight is 248 g/mol. The lowest BCUT2D eigenvalue weighted by atomic mass is 9.85. The zero-order valence-corrected chi connectivity index (χ0v) is 10.8. The summed E-state index contributed by atoms with van der Waals surface area (Å²) in [5.41, 5.74) is 0.952. The Hall–Kier alpha value is -1.42. The van der Waals surface area contributed by atoms with E-state index in [4.69, 9.17) is 9.15 Å². The van der Waals surface area contributed by atoms with E-state index >= 15 is 0 Å². The largest absolute Gasteiger partial charge is 0.493 e. The van der Waals surface area contributed by atoms with Gasteiger partial charge in [0.1, 0.15) is 0 Å². The van der Waals surface area contributed by atoms with Gasteiger partial charge in [-0.2, -0.15) is 0 Å². The number of ether oxygens (including phenoxy) is 1. The van der Waals surface area contributed by atoms with Gasteiger partial charge in [0.15, 0.2) is 11.5 Å². The van der Waals surface area contributed by atoms with E-state index in [0.29, 0.717) is 0 Å². The van der Waals surface area contributed by atoms with E-state index < -0.39 is 0 Å². The van der Waals surface area contributed by atoms with Crippen LogP contribution in [0.5, 0.6) is 5.75 Å². The second kappa shape index (κ2) is 4.69. The predicted octanol–water partition coefficient (Wildman–Crippen LogP) is 1.80. The smallest absolute Gasteiger partial charge is 0.191 e. The fourth-order valence-corrected chi connectivity index (χ4v) is 3.14. The van der Waals surface area contributed by atoms with Crippen LogP contribution in [0.1, 0.15) is 12.2 Å². The highest BCUT2D eigenvalue weighted by atomic mass is 16.5. The van der Waals surface area contributed by atoms with Crippen molar-refractivity contribution < 1.29 is 9.15 Å². The van der Waals surface area contributed by atoms with Crippen molar-refractivity contribution in [2.24, 2.45) is 11.8 Å². The molecule has 2 atom stereocenters. The molecule has 4 heteroatoms. The van der Waals surface area contributed by atoms with Crippen LogP contribution in [0, 0.1) is 11.8 Å². The maximum Gasteiger partial charge on any atom is 0.191 e. The molecule has 0 spiro atoms. The van der Waals surface area contributed by atoms with Crippen LogP contribution in [0.2, 0.25) is 0 Å². The van der Waals surface area contributed by atoms with Gasteiger partial charge in [0.25, 0.3) is 0 Å². The Morgan fingerprint density at radius 1 is 1.44 bits per heavy atom. The number of nitrogens with zero attached hydrogens (tertiary/aromatic N) is 1. The van der Waals surface area contributed by atoms with Gasteiger partial charge in [-0.3, -0.25) is 0 Å². The van der Waals surface area contributed by atoms with E-state index in [1.54, 1.807) is 13.4 Å². The van der Waals surface area contributed by atoms with E-state index in [1.807, 2.05) is 6.07 Å². The van der Waals surface area contributed by atoms with Gasteiger partial charge in [-0.15, -0.1) is 0 Å². The summed E-state index contributed by atoms with van der Waals surface area (Å²) in [5, 5.41) is 3.50. The van der Waals surface area contributed by atoms with E-state index in [9.17, 15) is 0 Å². The molecule has 0 amide bonds. The summed E-state index contributed by atoms with van der Waals surface area (Å²) < 4.78 is 10.8. The number of hydrogen-bond acceptors (Lipinski definition) is 4. The van der Waals surface area contributed by atoms with Crippen molar-refractivity contribution in [1.82, 2.24) is 10.2 Å². The van der Waals surface area contributed by atoms with Crippen molar-refractivity contribution in [3.63, 3.8) is 0 Å². The molecule has 0 radical (unpaired) electrons. The number of piperidine rings is 2. The van der Waals surface area contributed by atoms with Crippen LogP contribution in [0.25, 0.3) is 5.70 Å². The van der Waals surface area contributed by atoms with Crippen molar-refractivity contribution in [3.05, 3.63) is 24.7 Å². The standard InChI is InChI=1S/C14H20N2O2/c1-10(14-13(17-2)3-4-18-14)16-8-11-5-12(9-16)7-15-6-11/h3-4,11-12,15H,1,5-9H2,2H3. The lowest BCUT2D eigenvalue weighted by Gasteiger charge is -2.43. The molecule has 0 aromatic carbocycles. The molecule has 1 aromatic heterocycles. The Kier molecular flexibility index (Phi) is 3.04. The molecule has 3 heterocycles. The maximum atomic E-state index is 5.51. The fourth-order valence-electron chi connectivity index (χ4n) is 3.14. The van der Waals surface area contributed by atoms with Crippen LogP contribution >= 0.6 is 0 Å². The normalized spacial score (nSPS) is 27.1. The lowest BCUT2D eigenvalue weighted by Crippen LogP contribution is -2.50. The van der Waals surface area contributed by atoms with Crippen LogP contribution in [0.15, 0.2) is 23.3 Å². The van der Waals surface area contributed by atoms with Crippen molar-refractivity contribution in [2.45, 2.75) is 6.42 Å². The molecule has 2 saturated heterocycles. The number of nitrogens with one attached hydrogen (secondary N) is 1. The SMILES string of the molecule is C=C(c1occc1OC)N1CC2CNCC(C2)C1. The molecule has 2 unspecified atom stereocenters. The third-order valence-electron chi connectivity index (χ3n) is 3.98. The molecule has 3 rings (SSSR count). The molecule has 1 aromatic rings. The molecule has 2 aliphatic rings. The summed E-state index contributed by atoms with van der Waals surface area (Å²) in [7, 11) is 1.66. The van der Waals surface area contributed by atoms with E-state index in [2.05, 4.69) is 16.8 Å². The highest BCUT2D eigenvalue weighted by molar-refractivity contribution is 5.62. The number of methoxy groups -OCH3 is 1. The van der Waals surface area contributed by atoms with Gasteiger partial charge in [0.2, 0.25) is 0 Å². The molecule has 18 heavy (non-hydrogen) atoms. The molecule has 0 saturated carbocycles. The highest BCUT2D eigenvalue weighted by Gasteiger charge is 2.32. The van der Waals surface area contributed by atoms with Gasteiger partial charge in [-0.25, -0.2) is 0 Å². The Bertz CT molecular complexity index is 429. The minimum atomic E-state index is 0.732. The summed E-state index contributed by atoms with van der Waals surface area (Å²) in [6.45, 7) is 8.55. The maximum absolute atomic E-state index is 5.51. The van der Waals surface area contributed by atoms with E-state index in [0.717, 1.165) is 55.2 Å². The molecule has 1 N–H and O–H groups in total. The molecule has 98 valence electrons. The van der Waals surface area contributed by atoms with Gasteiger partial charge in [0, 0.05) is 19.2 Å². The molecule has 2 aliphatic heterocycles. The first-order valence-electron chi connectivity index (χ1n) is 6.54. The number of likely N-dealkylation sites (tertiary alicyclic amines) is 1. The summed E-state index contributed by atoms with van der Waals surface area (Å²) in [6, 6.07) is 1.84. The predicted molar refractivity (Wildman–Crippen MR) is 70.3 cm³/mol. The zero-order valence-electron chi connectivity index (χ0n) is 10.8. The van der Waals surface area contributed by atoms with Crippen LogP contribution in [-0.4, -0.2) is 38.2 Å². The van der Waals surface area contributed by atoms with Crippen molar-refractivity contribution in [2.75, 3.05) is 33.3 Å². The minimum absolute atomic E-state index is 0.732. The lowest BCUT2D eigenvalue weighted by molar-refractivity contribution is 0.142. The third-order valence-corrected chi connectivity index (χ3v) is 3.98. The summed E-state index contributed by atoms with van der Waals surface area (Å²) >= 11 is 0. The average Bonchev–Trinajstić information content (AvgIpc) is 2.85. The Balaban J connectivity index is 1.76. The number of fused-ring (bicyclic) bond motifs is 2. The summed E-state index contributed by atoms with van der Waals surface area (Å²) in [4.78, 5) is 2.35. The van der Waals surface area contributed by atoms with E-state index in [-0.39, 0.29) is 0 Å². The zero-order chi connectivity index (χ0) is 12.5. The van der Waals surface area contributed by atoms with Gasteiger partial charge in [-0.05, 0) is 31.3 Å². The molecular formula is C14H20N2O2. The van der Waals surface area contributed by atoms with Crippen LogP contribution in [0.3, 0.4) is 0 Å². The van der Waals surface area contributed by atoms with Gasteiger partial charge < -0.3 is 19.4 Å². The highest BCUT2D eigenvalue weighted by Crippen LogP contribution is 2.33. The first kappa shape index (κ1) is 11.7. The van der Waals surface area contributed by atoms with Crippen LogP contribution < -0.4 is 10.1 Å². The Morgan fingerprint density at radius 3 is 2.83 bits per heavy atom. The van der Waals surface area contributed by atoms with Crippen molar-refractivity contribution in [1.29, 1.82) is 0 Å². The number of hydrogen-bond donors (Lipinski definition) is 1. The van der Waals surface area contributed by atoms with Crippen molar-refractivity contribution in [3.8, 4) is 5.75 Å². The topological polar surface area (TPSA) is 37.6 Å². The Labute approximate surface area is 108 Å². The van der Waals surface area contributed by atoms with Crippen LogP contribution in [-0.2, 0) is 0 Å². The summed E-state index contributed by atoms with van der Waals surface area (Å²) in [5.74, 6) is 3.00. The summed E-state index contributed by atoms with van der Waals surface area (Å²) in [6.07, 6.45) is 3.00. The Morgan fingerprint density at radius 2 is 2.17 bits per heavy atom. The second-order valence-electron chi connectivity index (χ2n) is 5.30. The van der Waals surface area contributed by atoms with Gasteiger partial charge in [-0.1, -0.05) is 6.58 Å². The fraction of sp³-hybridized carbons (Fsp3) is 0.571. The third kappa shape index (κ3) is 2.01.